The van der Waals surface area contributed by atoms with E-state index in [9.17, 15) is 18.0 Å². The zero-order valence-corrected chi connectivity index (χ0v) is 14.5. The molecule has 1 fully saturated rings. The van der Waals surface area contributed by atoms with Gasteiger partial charge in [0, 0.05) is 17.6 Å². The monoisotopic (exact) mass is 354 g/mol. The summed E-state index contributed by atoms with van der Waals surface area (Å²) in [5.74, 6) is -1.88. The third-order valence-corrected chi connectivity index (χ3v) is 5.65. The molecule has 8 heteroatoms. The summed E-state index contributed by atoms with van der Waals surface area (Å²) in [5.41, 5.74) is 0.488. The third-order valence-electron chi connectivity index (χ3n) is 3.98. The number of carboxylic acid groups (broad SMARTS) is 1. The van der Waals surface area contributed by atoms with Gasteiger partial charge in [-0.15, -0.1) is 0 Å². The zero-order chi connectivity index (χ0) is 17.9. The van der Waals surface area contributed by atoms with E-state index in [-0.39, 0.29) is 22.8 Å². The highest BCUT2D eigenvalue weighted by Crippen LogP contribution is 2.32. The maximum atomic E-state index is 12.2. The van der Waals surface area contributed by atoms with E-state index < -0.39 is 21.9 Å². The van der Waals surface area contributed by atoms with Gasteiger partial charge in [-0.05, 0) is 57.4 Å². The van der Waals surface area contributed by atoms with Gasteiger partial charge in [-0.1, -0.05) is 0 Å². The highest BCUT2D eigenvalue weighted by molar-refractivity contribution is 7.89. The minimum absolute atomic E-state index is 0.126. The van der Waals surface area contributed by atoms with Crippen molar-refractivity contribution >= 4 is 27.6 Å². The predicted molar refractivity (Wildman–Crippen MR) is 89.0 cm³/mol. The first-order valence-electron chi connectivity index (χ1n) is 7.85. The minimum Gasteiger partial charge on any atom is -0.481 e. The summed E-state index contributed by atoms with van der Waals surface area (Å²) in [6.45, 7) is 3.47. The van der Waals surface area contributed by atoms with E-state index in [1.165, 1.54) is 24.3 Å². The Labute approximate surface area is 141 Å². The number of anilines is 1. The van der Waals surface area contributed by atoms with Crippen LogP contribution in [-0.4, -0.2) is 31.4 Å². The number of nitrogens with one attached hydrogen (secondary N) is 2. The largest absolute Gasteiger partial charge is 0.481 e. The summed E-state index contributed by atoms with van der Waals surface area (Å²) in [5, 5.41) is 11.7. The number of carboxylic acids is 1. The lowest BCUT2D eigenvalue weighted by Gasteiger charge is -2.12. The molecule has 0 saturated heterocycles. The molecule has 0 bridgehead atoms. The van der Waals surface area contributed by atoms with Crippen molar-refractivity contribution in [1.82, 2.24) is 4.72 Å². The molecule has 2 atom stereocenters. The Morgan fingerprint density at radius 3 is 2.21 bits per heavy atom. The molecule has 7 nitrogen and oxygen atoms in total. The molecule has 0 aromatic heterocycles. The average molecular weight is 354 g/mol. The second-order valence-corrected chi connectivity index (χ2v) is 8.05. The summed E-state index contributed by atoms with van der Waals surface area (Å²) < 4.78 is 26.5. The standard InChI is InChI=1S/C16H22N2O5S/c1-10(2)18-24(22,23)14-7-5-13(6-8-14)17-15(19)11-3-4-12(9-11)16(20)21/h5-8,10-12,18H,3-4,9H2,1-2H3,(H,17,19)(H,20,21)/t11-,12+/m1/s1. The smallest absolute Gasteiger partial charge is 0.306 e. The molecule has 0 unspecified atom stereocenters. The number of hydrogen-bond donors (Lipinski definition) is 3. The Bertz CT molecular complexity index is 712. The molecule has 1 aromatic rings. The lowest BCUT2D eigenvalue weighted by atomic mass is 10.0. The third kappa shape index (κ3) is 4.55. The van der Waals surface area contributed by atoms with Crippen LogP contribution < -0.4 is 10.0 Å². The summed E-state index contributed by atoms with van der Waals surface area (Å²) in [6, 6.07) is 5.69. The summed E-state index contributed by atoms with van der Waals surface area (Å²) in [6.07, 6.45) is 1.39. The second kappa shape index (κ2) is 7.31. The van der Waals surface area contributed by atoms with Crippen molar-refractivity contribution in [3.63, 3.8) is 0 Å². The van der Waals surface area contributed by atoms with E-state index >= 15 is 0 Å². The van der Waals surface area contributed by atoms with Crippen LogP contribution in [0, 0.1) is 11.8 Å². The lowest BCUT2D eigenvalue weighted by molar-refractivity contribution is -0.141. The maximum Gasteiger partial charge on any atom is 0.306 e. The average Bonchev–Trinajstić information content (AvgIpc) is 2.96. The van der Waals surface area contributed by atoms with E-state index in [0.29, 0.717) is 24.9 Å². The van der Waals surface area contributed by atoms with Gasteiger partial charge in [0.05, 0.1) is 10.8 Å². The number of aliphatic carboxylic acids is 1. The fraction of sp³-hybridized carbons (Fsp3) is 0.500. The molecule has 1 saturated carbocycles. The first kappa shape index (κ1) is 18.4. The lowest BCUT2D eigenvalue weighted by Crippen LogP contribution is -2.30. The Morgan fingerprint density at radius 1 is 1.12 bits per heavy atom. The fourth-order valence-corrected chi connectivity index (χ4v) is 4.04. The first-order valence-corrected chi connectivity index (χ1v) is 9.33. The van der Waals surface area contributed by atoms with E-state index in [1.54, 1.807) is 13.8 Å². The summed E-state index contributed by atoms with van der Waals surface area (Å²) >= 11 is 0. The number of amides is 1. The summed E-state index contributed by atoms with van der Waals surface area (Å²) in [4.78, 5) is 23.2. The van der Waals surface area contributed by atoms with Gasteiger partial charge in [0.25, 0.3) is 0 Å². The van der Waals surface area contributed by atoms with Gasteiger partial charge in [-0.3, -0.25) is 9.59 Å². The molecule has 1 aliphatic rings. The van der Waals surface area contributed by atoms with Crippen molar-refractivity contribution in [2.45, 2.75) is 44.0 Å². The van der Waals surface area contributed by atoms with Crippen LogP contribution in [0.5, 0.6) is 0 Å². The van der Waals surface area contributed by atoms with Crippen LogP contribution >= 0.6 is 0 Å². The first-order chi connectivity index (χ1) is 11.2. The highest BCUT2D eigenvalue weighted by Gasteiger charge is 2.33. The Hall–Kier alpha value is -1.93. The predicted octanol–water partition coefficient (Wildman–Crippen LogP) is 1.81. The maximum absolute atomic E-state index is 12.2. The Balaban J connectivity index is 1.99. The van der Waals surface area contributed by atoms with Crippen molar-refractivity contribution in [3.8, 4) is 0 Å². The van der Waals surface area contributed by atoms with Crippen molar-refractivity contribution < 1.29 is 23.1 Å². The molecule has 1 aromatic carbocycles. The van der Waals surface area contributed by atoms with Crippen molar-refractivity contribution in [2.75, 3.05) is 5.32 Å². The van der Waals surface area contributed by atoms with Crippen LogP contribution in [0.25, 0.3) is 0 Å². The van der Waals surface area contributed by atoms with Crippen molar-refractivity contribution in [3.05, 3.63) is 24.3 Å². The quantitative estimate of drug-likeness (QED) is 0.721. The van der Waals surface area contributed by atoms with Crippen molar-refractivity contribution in [2.24, 2.45) is 11.8 Å². The Kier molecular flexibility index (Phi) is 5.61. The van der Waals surface area contributed by atoms with Crippen LogP contribution in [0.2, 0.25) is 0 Å². The van der Waals surface area contributed by atoms with Crippen LogP contribution in [0.15, 0.2) is 29.2 Å². The molecular weight excluding hydrogens is 332 g/mol. The molecule has 3 N–H and O–H groups in total. The number of benzene rings is 1. The van der Waals surface area contributed by atoms with Gasteiger partial charge in [-0.2, -0.15) is 0 Å². The van der Waals surface area contributed by atoms with Crippen LogP contribution in [0.4, 0.5) is 5.69 Å². The summed E-state index contributed by atoms with van der Waals surface area (Å²) in [7, 11) is -3.57. The molecule has 132 valence electrons. The molecule has 0 spiro atoms. The van der Waals surface area contributed by atoms with E-state index in [2.05, 4.69) is 10.0 Å². The topological polar surface area (TPSA) is 113 Å². The molecule has 0 heterocycles. The number of hydrogen-bond acceptors (Lipinski definition) is 4. The molecule has 2 rings (SSSR count). The van der Waals surface area contributed by atoms with E-state index in [0.717, 1.165) is 0 Å². The fourth-order valence-electron chi connectivity index (χ4n) is 2.78. The normalized spacial score (nSPS) is 21.0. The number of sulfonamides is 1. The molecule has 24 heavy (non-hydrogen) atoms. The molecule has 1 amide bonds. The molecule has 1 aliphatic carbocycles. The number of rotatable bonds is 6. The van der Waals surface area contributed by atoms with Gasteiger partial charge in [0.2, 0.25) is 15.9 Å². The molecule has 0 radical (unpaired) electrons. The SMILES string of the molecule is CC(C)NS(=O)(=O)c1ccc(NC(=O)[C@@H]2CC[C@H](C(=O)O)C2)cc1. The number of carbonyl (C=O) groups excluding carboxylic acids is 1. The molecule has 0 aliphatic heterocycles. The van der Waals surface area contributed by atoms with Gasteiger partial charge in [0.15, 0.2) is 0 Å². The van der Waals surface area contributed by atoms with E-state index in [4.69, 9.17) is 5.11 Å². The van der Waals surface area contributed by atoms with Crippen molar-refractivity contribution in [1.29, 1.82) is 0 Å². The second-order valence-electron chi connectivity index (χ2n) is 6.33. The van der Waals surface area contributed by atoms with E-state index in [1.807, 2.05) is 0 Å². The van der Waals surface area contributed by atoms with Crippen LogP contribution in [0.1, 0.15) is 33.1 Å². The van der Waals surface area contributed by atoms with Crippen LogP contribution in [0.3, 0.4) is 0 Å². The van der Waals surface area contributed by atoms with Gasteiger partial charge < -0.3 is 10.4 Å². The number of carbonyl (C=O) groups is 2. The zero-order valence-electron chi connectivity index (χ0n) is 13.7. The minimum atomic E-state index is -3.57. The van der Waals surface area contributed by atoms with Gasteiger partial charge in [-0.25, -0.2) is 13.1 Å². The Morgan fingerprint density at radius 2 is 1.71 bits per heavy atom. The van der Waals surface area contributed by atoms with Gasteiger partial charge >= 0.3 is 5.97 Å². The highest BCUT2D eigenvalue weighted by atomic mass is 32.2. The molecular formula is C16H22N2O5S. The van der Waals surface area contributed by atoms with Gasteiger partial charge in [0.1, 0.15) is 0 Å². The van der Waals surface area contributed by atoms with Crippen LogP contribution in [-0.2, 0) is 19.6 Å².